The Morgan fingerprint density at radius 3 is 2.35 bits per heavy atom. The molecule has 0 bridgehead atoms. The summed E-state index contributed by atoms with van der Waals surface area (Å²) in [6.07, 6.45) is 3.84. The number of hydrogen-bond donors (Lipinski definition) is 0. The summed E-state index contributed by atoms with van der Waals surface area (Å²) in [4.78, 5) is 6.56. The zero-order chi connectivity index (χ0) is 18.9. The minimum absolute atomic E-state index is 0.133. The lowest BCUT2D eigenvalue weighted by molar-refractivity contribution is 0.414. The third kappa shape index (κ3) is 3.43. The van der Waals surface area contributed by atoms with Crippen LogP contribution in [0.3, 0.4) is 0 Å². The molecule has 1 unspecified atom stereocenters. The number of sulfone groups is 1. The number of nitrogens with zero attached hydrogens (tertiary/aromatic N) is 2. The highest BCUT2D eigenvalue weighted by molar-refractivity contribution is 7.92. The maximum atomic E-state index is 12.5. The first kappa shape index (κ1) is 18.7. The molecule has 2 heterocycles. The van der Waals surface area contributed by atoms with E-state index in [2.05, 4.69) is 22.0 Å². The highest BCUT2D eigenvalue weighted by Gasteiger charge is 2.32. The summed E-state index contributed by atoms with van der Waals surface area (Å²) in [6.45, 7) is 6.01. The normalized spacial score (nSPS) is 18.2. The molecule has 6 heteroatoms. The molecule has 0 N–H and O–H groups in total. The molecule has 2 aromatic rings. The van der Waals surface area contributed by atoms with E-state index in [1.165, 1.54) is 5.56 Å². The first-order valence-corrected chi connectivity index (χ1v) is 10.3. The number of hydrogen-bond acceptors (Lipinski definition) is 5. The lowest BCUT2D eigenvalue weighted by atomic mass is 10.0. The van der Waals surface area contributed by atoms with E-state index >= 15 is 0 Å². The van der Waals surface area contributed by atoms with Crippen molar-refractivity contribution in [2.75, 3.05) is 18.6 Å². The molecule has 0 spiro atoms. The predicted molar refractivity (Wildman–Crippen MR) is 103 cm³/mol. The molecule has 0 radical (unpaired) electrons. The van der Waals surface area contributed by atoms with Crippen LogP contribution in [-0.4, -0.2) is 31.8 Å². The molecule has 1 fully saturated rings. The van der Waals surface area contributed by atoms with Crippen molar-refractivity contribution < 1.29 is 13.2 Å². The van der Waals surface area contributed by atoms with Crippen LogP contribution in [0.4, 0.5) is 5.69 Å². The number of benzene rings is 1. The number of pyridine rings is 1. The minimum Gasteiger partial charge on any atom is -0.497 e. The monoisotopic (exact) mass is 374 g/mol. The molecule has 0 amide bonds. The van der Waals surface area contributed by atoms with Gasteiger partial charge in [0, 0.05) is 6.54 Å². The first-order chi connectivity index (χ1) is 12.2. The van der Waals surface area contributed by atoms with Gasteiger partial charge in [0.15, 0.2) is 14.9 Å². The fourth-order valence-corrected chi connectivity index (χ4v) is 4.33. The average molecular weight is 375 g/mol. The number of methoxy groups -OCH3 is 1. The summed E-state index contributed by atoms with van der Waals surface area (Å²) in [6, 6.07) is 11.9. The first-order valence-electron chi connectivity index (χ1n) is 8.85. The number of aromatic nitrogens is 1. The summed E-state index contributed by atoms with van der Waals surface area (Å²) < 4.78 is 29.5. The van der Waals surface area contributed by atoms with E-state index in [1.54, 1.807) is 40.1 Å². The Morgan fingerprint density at radius 2 is 1.81 bits per heavy atom. The number of ether oxygens (including phenoxy) is 1. The van der Waals surface area contributed by atoms with Gasteiger partial charge in [0.05, 0.1) is 29.8 Å². The maximum absolute atomic E-state index is 12.5. The third-order valence-electron chi connectivity index (χ3n) is 4.89. The van der Waals surface area contributed by atoms with Crippen molar-refractivity contribution in [3.8, 4) is 5.75 Å². The second-order valence-corrected chi connectivity index (χ2v) is 10.2. The molecule has 0 aliphatic carbocycles. The van der Waals surface area contributed by atoms with Gasteiger partial charge in [-0.25, -0.2) is 13.4 Å². The molecule has 5 nitrogen and oxygen atoms in total. The van der Waals surface area contributed by atoms with Crippen LogP contribution in [0.25, 0.3) is 0 Å². The van der Waals surface area contributed by atoms with Crippen molar-refractivity contribution in [2.45, 2.75) is 49.4 Å². The Hall–Kier alpha value is -2.08. The van der Waals surface area contributed by atoms with E-state index in [1.807, 2.05) is 18.2 Å². The average Bonchev–Trinajstić information content (AvgIpc) is 3.10. The van der Waals surface area contributed by atoms with Gasteiger partial charge in [0.1, 0.15) is 5.75 Å². The van der Waals surface area contributed by atoms with Crippen LogP contribution in [0, 0.1) is 0 Å². The van der Waals surface area contributed by atoms with Crippen molar-refractivity contribution in [1.82, 2.24) is 4.98 Å². The third-order valence-corrected chi connectivity index (χ3v) is 7.29. The van der Waals surface area contributed by atoms with Crippen LogP contribution >= 0.6 is 0 Å². The molecule has 1 saturated heterocycles. The molecule has 1 aliphatic heterocycles. The Labute approximate surface area is 155 Å². The van der Waals surface area contributed by atoms with Gasteiger partial charge in [-0.2, -0.15) is 0 Å². The molecule has 1 aromatic heterocycles. The molecule has 26 heavy (non-hydrogen) atoms. The van der Waals surface area contributed by atoms with Crippen molar-refractivity contribution in [3.05, 3.63) is 48.2 Å². The van der Waals surface area contributed by atoms with Crippen LogP contribution in [0.15, 0.2) is 47.6 Å². The fourth-order valence-electron chi connectivity index (χ4n) is 3.26. The summed E-state index contributed by atoms with van der Waals surface area (Å²) in [5, 5.41) is 0.133. The van der Waals surface area contributed by atoms with E-state index in [0.29, 0.717) is 0 Å². The predicted octanol–water partition coefficient (Wildman–Crippen LogP) is 4.00. The second-order valence-electron chi connectivity index (χ2n) is 7.60. The summed E-state index contributed by atoms with van der Waals surface area (Å²) in [5.41, 5.74) is 2.19. The van der Waals surface area contributed by atoms with E-state index in [0.717, 1.165) is 30.8 Å². The summed E-state index contributed by atoms with van der Waals surface area (Å²) in [7, 11) is -1.77. The van der Waals surface area contributed by atoms with Gasteiger partial charge >= 0.3 is 0 Å². The Balaban J connectivity index is 1.86. The van der Waals surface area contributed by atoms with Gasteiger partial charge in [0.25, 0.3) is 0 Å². The van der Waals surface area contributed by atoms with Crippen LogP contribution in [-0.2, 0) is 9.84 Å². The van der Waals surface area contributed by atoms with Crippen LogP contribution in [0.1, 0.15) is 45.2 Å². The Kier molecular flexibility index (Phi) is 4.97. The molecule has 1 atom stereocenters. The molecule has 140 valence electrons. The van der Waals surface area contributed by atoms with Crippen LogP contribution in [0.5, 0.6) is 5.75 Å². The van der Waals surface area contributed by atoms with E-state index in [9.17, 15) is 8.42 Å². The van der Waals surface area contributed by atoms with Crippen molar-refractivity contribution in [3.63, 3.8) is 0 Å². The zero-order valence-electron chi connectivity index (χ0n) is 15.8. The highest BCUT2D eigenvalue weighted by atomic mass is 32.2. The Morgan fingerprint density at radius 1 is 1.12 bits per heavy atom. The van der Waals surface area contributed by atoms with Gasteiger partial charge in [-0.1, -0.05) is 12.1 Å². The van der Waals surface area contributed by atoms with Gasteiger partial charge < -0.3 is 9.64 Å². The number of rotatable bonds is 4. The minimum atomic E-state index is -3.43. The molecule has 1 aliphatic rings. The van der Waals surface area contributed by atoms with Crippen LogP contribution in [0.2, 0.25) is 0 Å². The van der Waals surface area contributed by atoms with E-state index < -0.39 is 14.6 Å². The molecule has 0 saturated carbocycles. The lowest BCUT2D eigenvalue weighted by Gasteiger charge is -2.27. The molecule has 3 rings (SSSR count). The van der Waals surface area contributed by atoms with Crippen molar-refractivity contribution >= 4 is 15.5 Å². The van der Waals surface area contributed by atoms with Gasteiger partial charge in [0.2, 0.25) is 0 Å². The standard InChI is InChI=1S/C20H26N2O3S/c1-20(2,3)26(23,24)19-12-9-16(14-21-19)22-13-5-6-18(22)15-7-10-17(25-4)11-8-15/h7-12,14,18H,5-6,13H2,1-4H3. The molecule has 1 aromatic carbocycles. The highest BCUT2D eigenvalue weighted by Crippen LogP contribution is 2.36. The quantitative estimate of drug-likeness (QED) is 0.809. The van der Waals surface area contributed by atoms with Crippen molar-refractivity contribution in [1.29, 1.82) is 0 Å². The lowest BCUT2D eigenvalue weighted by Crippen LogP contribution is -2.29. The molecular weight excluding hydrogens is 348 g/mol. The Bertz CT molecular complexity index is 853. The fraction of sp³-hybridized carbons (Fsp3) is 0.450. The van der Waals surface area contributed by atoms with Crippen LogP contribution < -0.4 is 9.64 Å². The zero-order valence-corrected chi connectivity index (χ0v) is 16.6. The summed E-state index contributed by atoms with van der Waals surface area (Å²) in [5.74, 6) is 0.844. The second kappa shape index (κ2) is 6.91. The molecular formula is C20H26N2O3S. The van der Waals surface area contributed by atoms with Gasteiger partial charge in [-0.15, -0.1) is 0 Å². The van der Waals surface area contributed by atoms with E-state index in [4.69, 9.17) is 4.74 Å². The van der Waals surface area contributed by atoms with E-state index in [-0.39, 0.29) is 11.1 Å². The maximum Gasteiger partial charge on any atom is 0.200 e. The topological polar surface area (TPSA) is 59.5 Å². The largest absolute Gasteiger partial charge is 0.497 e. The number of anilines is 1. The summed E-state index contributed by atoms with van der Waals surface area (Å²) >= 11 is 0. The van der Waals surface area contributed by atoms with Gasteiger partial charge in [-0.05, 0) is 63.4 Å². The smallest absolute Gasteiger partial charge is 0.200 e. The SMILES string of the molecule is COc1ccc(C2CCCN2c2ccc(S(=O)(=O)C(C)(C)C)nc2)cc1. The van der Waals surface area contributed by atoms with Crippen molar-refractivity contribution in [2.24, 2.45) is 0 Å². The van der Waals surface area contributed by atoms with Gasteiger partial charge in [-0.3, -0.25) is 0 Å².